The van der Waals surface area contributed by atoms with E-state index in [4.69, 9.17) is 14.5 Å². The van der Waals surface area contributed by atoms with Crippen molar-refractivity contribution in [2.75, 3.05) is 6.61 Å². The molecule has 0 aromatic carbocycles. The van der Waals surface area contributed by atoms with E-state index in [-0.39, 0.29) is 12.8 Å². The zero-order valence-electron chi connectivity index (χ0n) is 27.8. The fraction of sp³-hybridized carbons (Fsp3) is 0.632. The maximum atomic E-state index is 12.0. The monoisotopic (exact) mass is 614 g/mol. The van der Waals surface area contributed by atoms with Crippen LogP contribution in [0.15, 0.2) is 72.9 Å². The lowest BCUT2D eigenvalue weighted by atomic mass is 10.1. The van der Waals surface area contributed by atoms with E-state index in [0.717, 1.165) is 103 Å². The predicted octanol–water partition coefficient (Wildman–Crippen LogP) is 10.5. The van der Waals surface area contributed by atoms with E-state index in [2.05, 4.69) is 86.8 Å². The van der Waals surface area contributed by atoms with Gasteiger partial charge < -0.3 is 9.84 Å². The number of allylic oxidation sites excluding steroid dienone is 12. The van der Waals surface area contributed by atoms with Crippen LogP contribution >= 0.6 is 0 Å². The lowest BCUT2D eigenvalue weighted by Crippen LogP contribution is -2.26. The Labute approximate surface area is 268 Å². The Balaban J connectivity index is 3.67. The number of rotatable bonds is 30. The molecule has 1 unspecified atom stereocenters. The first-order valence-corrected chi connectivity index (χ1v) is 17.2. The van der Waals surface area contributed by atoms with Crippen molar-refractivity contribution in [2.24, 2.45) is 0 Å². The van der Waals surface area contributed by atoms with Crippen LogP contribution in [0.3, 0.4) is 0 Å². The number of hydrogen-bond acceptors (Lipinski definition) is 6. The molecule has 0 saturated heterocycles. The van der Waals surface area contributed by atoms with Gasteiger partial charge in [0, 0.05) is 12.8 Å². The molecule has 6 nitrogen and oxygen atoms in total. The molecule has 6 heteroatoms. The SMILES string of the molecule is CC/C=C\C/C=C\C/C=C\CCCCCCCC(=O)OOC(CO)OC(=O)CCCCCCC/C=C\C/C=C\C/C=C\CC. The van der Waals surface area contributed by atoms with Gasteiger partial charge in [-0.05, 0) is 77.0 Å². The second-order valence-electron chi connectivity index (χ2n) is 10.9. The number of aliphatic hydroxyl groups is 1. The van der Waals surface area contributed by atoms with Crippen molar-refractivity contribution >= 4 is 11.9 Å². The summed E-state index contributed by atoms with van der Waals surface area (Å²) < 4.78 is 5.08. The van der Waals surface area contributed by atoms with E-state index < -0.39 is 24.8 Å². The third-order valence-electron chi connectivity index (χ3n) is 6.72. The first-order valence-electron chi connectivity index (χ1n) is 17.2. The van der Waals surface area contributed by atoms with Gasteiger partial charge in [0.05, 0.1) is 0 Å². The molecule has 0 aliphatic carbocycles. The maximum Gasteiger partial charge on any atom is 0.342 e. The second kappa shape index (κ2) is 34.8. The highest BCUT2D eigenvalue weighted by atomic mass is 17.2. The van der Waals surface area contributed by atoms with Crippen molar-refractivity contribution in [3.8, 4) is 0 Å². The van der Waals surface area contributed by atoms with Crippen LogP contribution in [0.2, 0.25) is 0 Å². The molecule has 0 aromatic rings. The lowest BCUT2D eigenvalue weighted by molar-refractivity contribution is -0.349. The summed E-state index contributed by atoms with van der Waals surface area (Å²) in [4.78, 5) is 33.5. The molecule has 0 amide bonds. The topological polar surface area (TPSA) is 82.1 Å². The van der Waals surface area contributed by atoms with Gasteiger partial charge in [0.15, 0.2) is 0 Å². The molecule has 0 aliphatic heterocycles. The minimum atomic E-state index is -1.29. The van der Waals surface area contributed by atoms with Crippen LogP contribution in [0.1, 0.15) is 142 Å². The summed E-state index contributed by atoms with van der Waals surface area (Å²) in [6.45, 7) is 3.71. The van der Waals surface area contributed by atoms with E-state index in [1.54, 1.807) is 0 Å². The first-order chi connectivity index (χ1) is 21.6. The van der Waals surface area contributed by atoms with Crippen molar-refractivity contribution < 1.29 is 29.2 Å². The van der Waals surface area contributed by atoms with E-state index in [1.807, 2.05) is 0 Å². The Bertz CT molecular complexity index is 836. The fourth-order valence-electron chi connectivity index (χ4n) is 4.22. The largest absolute Gasteiger partial charge is 0.429 e. The van der Waals surface area contributed by atoms with Crippen LogP contribution in [0.4, 0.5) is 0 Å². The highest BCUT2D eigenvalue weighted by Crippen LogP contribution is 2.11. The minimum Gasteiger partial charge on any atom is -0.429 e. The molecule has 0 aromatic heterocycles. The highest BCUT2D eigenvalue weighted by molar-refractivity contribution is 5.69. The van der Waals surface area contributed by atoms with Crippen LogP contribution in [-0.2, 0) is 24.1 Å². The molecule has 0 spiro atoms. The normalized spacial score (nSPS) is 13.1. The molecule has 0 bridgehead atoms. The fourth-order valence-corrected chi connectivity index (χ4v) is 4.22. The van der Waals surface area contributed by atoms with Crippen molar-refractivity contribution in [2.45, 2.75) is 149 Å². The van der Waals surface area contributed by atoms with Crippen molar-refractivity contribution in [3.63, 3.8) is 0 Å². The van der Waals surface area contributed by atoms with Crippen LogP contribution in [-0.4, -0.2) is 29.9 Å². The summed E-state index contributed by atoms with van der Waals surface area (Å²) in [5.41, 5.74) is 0. The van der Waals surface area contributed by atoms with Crippen molar-refractivity contribution in [1.82, 2.24) is 0 Å². The third-order valence-corrected chi connectivity index (χ3v) is 6.72. The molecule has 0 radical (unpaired) electrons. The van der Waals surface area contributed by atoms with Gasteiger partial charge in [0.1, 0.15) is 6.61 Å². The van der Waals surface area contributed by atoms with E-state index in [0.29, 0.717) is 12.8 Å². The summed E-state index contributed by atoms with van der Waals surface area (Å²) in [5, 5.41) is 9.39. The molecule has 0 fully saturated rings. The van der Waals surface area contributed by atoms with Crippen LogP contribution in [0, 0.1) is 0 Å². The van der Waals surface area contributed by atoms with Crippen molar-refractivity contribution in [1.29, 1.82) is 0 Å². The number of aliphatic hydroxyl groups excluding tert-OH is 1. The Morgan fingerprint density at radius 1 is 0.523 bits per heavy atom. The molecule has 1 atom stereocenters. The third kappa shape index (κ3) is 32.2. The number of esters is 1. The summed E-state index contributed by atoms with van der Waals surface area (Å²) >= 11 is 0. The van der Waals surface area contributed by atoms with Crippen molar-refractivity contribution in [3.05, 3.63) is 72.9 Å². The Morgan fingerprint density at radius 2 is 0.909 bits per heavy atom. The van der Waals surface area contributed by atoms with Gasteiger partial charge in [-0.1, -0.05) is 125 Å². The van der Waals surface area contributed by atoms with E-state index in [1.165, 1.54) is 0 Å². The lowest BCUT2D eigenvalue weighted by Gasteiger charge is -2.14. The van der Waals surface area contributed by atoms with Gasteiger partial charge in [0.2, 0.25) is 0 Å². The summed E-state index contributed by atoms with van der Waals surface area (Å²) in [5.74, 6) is -0.987. The predicted molar refractivity (Wildman–Crippen MR) is 183 cm³/mol. The zero-order chi connectivity index (χ0) is 32.2. The molecule has 1 N–H and O–H groups in total. The molecule has 0 rings (SSSR count). The Hall–Kier alpha value is -2.70. The van der Waals surface area contributed by atoms with Crippen LogP contribution in [0.5, 0.6) is 0 Å². The first kappa shape index (κ1) is 41.3. The average Bonchev–Trinajstić information content (AvgIpc) is 3.02. The minimum absolute atomic E-state index is 0.232. The standard InChI is InChI=1S/C38H62O6/c1-3-5-7-9-11-13-15-17-19-21-23-25-27-29-31-33-36(40)42-38(35-39)44-43-37(41)34-32-30-28-26-24-22-20-18-16-14-12-10-8-6-4-2/h5-8,11-14,17-20,38-39H,3-4,9-10,15-16,21-35H2,1-2H3/b7-5-,8-6-,13-11-,14-12-,19-17-,20-18-. The van der Waals surface area contributed by atoms with E-state index in [9.17, 15) is 14.7 Å². The van der Waals surface area contributed by atoms with Gasteiger partial charge in [-0.25, -0.2) is 4.79 Å². The molecule has 0 aliphatic rings. The summed E-state index contributed by atoms with van der Waals surface area (Å²) in [7, 11) is 0. The molecular weight excluding hydrogens is 552 g/mol. The number of carbonyl (C=O) groups is 2. The van der Waals surface area contributed by atoms with E-state index >= 15 is 0 Å². The average molecular weight is 615 g/mol. The Morgan fingerprint density at radius 3 is 1.36 bits per heavy atom. The van der Waals surface area contributed by atoms with Crippen LogP contribution < -0.4 is 0 Å². The second-order valence-corrected chi connectivity index (χ2v) is 10.9. The quantitative estimate of drug-likeness (QED) is 0.0216. The number of carbonyl (C=O) groups excluding carboxylic acids is 2. The molecule has 250 valence electrons. The van der Waals surface area contributed by atoms with Gasteiger partial charge in [0.25, 0.3) is 6.29 Å². The van der Waals surface area contributed by atoms with Crippen LogP contribution in [0.25, 0.3) is 0 Å². The van der Waals surface area contributed by atoms with Gasteiger partial charge in [-0.15, -0.1) is 4.89 Å². The number of unbranched alkanes of at least 4 members (excludes halogenated alkanes) is 10. The molecular formula is C38H62O6. The highest BCUT2D eigenvalue weighted by Gasteiger charge is 2.17. The van der Waals surface area contributed by atoms with Gasteiger partial charge >= 0.3 is 11.9 Å². The smallest absolute Gasteiger partial charge is 0.342 e. The van der Waals surface area contributed by atoms with Gasteiger partial charge in [-0.3, -0.25) is 9.68 Å². The zero-order valence-corrected chi connectivity index (χ0v) is 27.8. The molecule has 0 heterocycles. The summed E-state index contributed by atoms with van der Waals surface area (Å²) in [6.07, 6.45) is 43.9. The summed E-state index contributed by atoms with van der Waals surface area (Å²) in [6, 6.07) is 0. The Kier molecular flexibility index (Phi) is 32.7. The van der Waals surface area contributed by atoms with Gasteiger partial charge in [-0.2, -0.15) is 0 Å². The number of ether oxygens (including phenoxy) is 1. The number of hydrogen-bond donors (Lipinski definition) is 1. The maximum absolute atomic E-state index is 12.0. The molecule has 0 saturated carbocycles. The molecule has 44 heavy (non-hydrogen) atoms.